The summed E-state index contributed by atoms with van der Waals surface area (Å²) in [6.07, 6.45) is 1.88. The van der Waals surface area contributed by atoms with E-state index < -0.39 is 0 Å². The zero-order valence-corrected chi connectivity index (χ0v) is 18.8. The van der Waals surface area contributed by atoms with Gasteiger partial charge in [0, 0.05) is 32.7 Å². The lowest BCUT2D eigenvalue weighted by Crippen LogP contribution is -2.21. The van der Waals surface area contributed by atoms with Crippen molar-refractivity contribution in [1.82, 2.24) is 0 Å². The Labute approximate surface area is 190 Å². The molecule has 0 unspecified atom stereocenters. The largest absolute Gasteiger partial charge is 0.313 e. The van der Waals surface area contributed by atoms with Crippen LogP contribution in [0.2, 0.25) is 5.02 Å². The lowest BCUT2D eigenvalue weighted by Gasteiger charge is -2.18. The van der Waals surface area contributed by atoms with Gasteiger partial charge in [0.1, 0.15) is 11.0 Å². The molecule has 0 fully saturated rings. The van der Waals surface area contributed by atoms with Crippen LogP contribution in [0.4, 0.5) is 10.8 Å². The maximum atomic E-state index is 12.9. The van der Waals surface area contributed by atoms with Gasteiger partial charge in [-0.2, -0.15) is 0 Å². The molecular formula is C25H23ClN3OS+. The number of aryl methyl sites for hydroxylation is 1. The molecule has 4 nitrogen and oxygen atoms in total. The third-order valence-electron chi connectivity index (χ3n) is 5.20. The third kappa shape index (κ3) is 4.79. The molecule has 31 heavy (non-hydrogen) atoms. The van der Waals surface area contributed by atoms with E-state index in [1.165, 1.54) is 0 Å². The molecule has 1 atom stereocenters. The van der Waals surface area contributed by atoms with Crippen LogP contribution in [0.5, 0.6) is 0 Å². The van der Waals surface area contributed by atoms with Gasteiger partial charge >= 0.3 is 0 Å². The van der Waals surface area contributed by atoms with Gasteiger partial charge < -0.3 is 5.32 Å². The maximum Gasteiger partial charge on any atom is 0.272 e. The Morgan fingerprint density at radius 2 is 1.68 bits per heavy atom. The van der Waals surface area contributed by atoms with Crippen LogP contribution in [-0.2, 0) is 0 Å². The van der Waals surface area contributed by atoms with Crippen molar-refractivity contribution in [2.75, 3.05) is 10.6 Å². The number of nitrogens with one attached hydrogen (secondary N) is 3. The highest BCUT2D eigenvalue weighted by Crippen LogP contribution is 2.41. The van der Waals surface area contributed by atoms with Crippen LogP contribution in [0.1, 0.15) is 38.0 Å². The van der Waals surface area contributed by atoms with Crippen molar-refractivity contribution >= 4 is 39.7 Å². The number of carbonyl (C=O) groups is 1. The van der Waals surface area contributed by atoms with Crippen LogP contribution in [0.3, 0.4) is 0 Å². The van der Waals surface area contributed by atoms with Gasteiger partial charge in [0.25, 0.3) is 11.7 Å². The Morgan fingerprint density at radius 1 is 0.968 bits per heavy atom. The third-order valence-corrected chi connectivity index (χ3v) is 6.59. The van der Waals surface area contributed by atoms with Gasteiger partial charge in [0.05, 0.1) is 6.20 Å². The molecule has 2 aromatic carbocycles. The summed E-state index contributed by atoms with van der Waals surface area (Å²) in [7, 11) is 0. The smallest absolute Gasteiger partial charge is 0.272 e. The second kappa shape index (κ2) is 9.33. The summed E-state index contributed by atoms with van der Waals surface area (Å²) in [4.78, 5) is 17.3. The fourth-order valence-electron chi connectivity index (χ4n) is 3.47. The Bertz CT molecular complexity index is 1170. The minimum Gasteiger partial charge on any atom is -0.313 e. The number of anilines is 2. The molecule has 0 spiro atoms. The fraction of sp³-hybridized carbons (Fsp3) is 0.120. The van der Waals surface area contributed by atoms with Gasteiger partial charge in [0.2, 0.25) is 0 Å². The van der Waals surface area contributed by atoms with E-state index in [2.05, 4.69) is 29.5 Å². The Kier molecular flexibility index (Phi) is 6.35. The zero-order chi connectivity index (χ0) is 21.8. The van der Waals surface area contributed by atoms with Crippen LogP contribution in [-0.4, -0.2) is 5.91 Å². The molecule has 0 aliphatic heterocycles. The molecule has 0 saturated carbocycles. The van der Waals surface area contributed by atoms with Crippen molar-refractivity contribution in [3.63, 3.8) is 0 Å². The molecule has 2 aromatic heterocycles. The number of amides is 1. The van der Waals surface area contributed by atoms with Crippen molar-refractivity contribution in [2.45, 2.75) is 19.9 Å². The highest BCUT2D eigenvalue weighted by atomic mass is 35.5. The first-order valence-corrected chi connectivity index (χ1v) is 11.2. The van der Waals surface area contributed by atoms with Crippen LogP contribution in [0.25, 0.3) is 0 Å². The number of hydrogen-bond donors (Lipinski definition) is 2. The lowest BCUT2D eigenvalue weighted by molar-refractivity contribution is -0.361. The molecule has 2 heterocycles. The number of rotatable bonds is 6. The minimum atomic E-state index is -0.174. The lowest BCUT2D eigenvalue weighted by atomic mass is 9.96. The van der Waals surface area contributed by atoms with Crippen LogP contribution in [0, 0.1) is 13.8 Å². The van der Waals surface area contributed by atoms with Gasteiger partial charge in [-0.05, 0) is 49.7 Å². The van der Waals surface area contributed by atoms with Crippen molar-refractivity contribution < 1.29 is 9.78 Å². The van der Waals surface area contributed by atoms with Gasteiger partial charge in [-0.25, -0.2) is 4.98 Å². The van der Waals surface area contributed by atoms with Gasteiger partial charge in [0.15, 0.2) is 0 Å². The Morgan fingerprint density at radius 3 is 2.35 bits per heavy atom. The number of benzene rings is 2. The summed E-state index contributed by atoms with van der Waals surface area (Å²) in [5.41, 5.74) is 3.88. The van der Waals surface area contributed by atoms with Crippen LogP contribution >= 0.6 is 22.9 Å². The average molecular weight is 449 g/mol. The predicted molar refractivity (Wildman–Crippen MR) is 128 cm³/mol. The summed E-state index contributed by atoms with van der Waals surface area (Å²) in [6.45, 7) is 4.17. The van der Waals surface area contributed by atoms with E-state index >= 15 is 0 Å². The Balaban J connectivity index is 1.77. The highest BCUT2D eigenvalue weighted by molar-refractivity contribution is 7.16. The number of halogens is 1. The average Bonchev–Trinajstić information content (AvgIpc) is 3.07. The molecule has 0 radical (unpaired) electrons. The Hall–Kier alpha value is -3.15. The molecular weight excluding hydrogens is 426 g/mol. The zero-order valence-electron chi connectivity index (χ0n) is 17.3. The second-order valence-electron chi connectivity index (χ2n) is 7.25. The molecule has 0 aliphatic carbocycles. The molecule has 0 aliphatic rings. The van der Waals surface area contributed by atoms with Gasteiger partial charge in [-0.3, -0.25) is 10.1 Å². The number of aromatic amines is 1. The van der Waals surface area contributed by atoms with E-state index in [-0.39, 0.29) is 11.9 Å². The van der Waals surface area contributed by atoms with Crippen molar-refractivity contribution in [2.24, 2.45) is 0 Å². The summed E-state index contributed by atoms with van der Waals surface area (Å²) >= 11 is 7.74. The number of pyridine rings is 1. The fourth-order valence-corrected chi connectivity index (χ4v) is 4.69. The molecule has 1 amide bonds. The van der Waals surface area contributed by atoms with Crippen molar-refractivity contribution in [3.05, 3.63) is 111 Å². The van der Waals surface area contributed by atoms with Gasteiger partial charge in [-0.1, -0.05) is 48.0 Å². The first-order chi connectivity index (χ1) is 15.0. The van der Waals surface area contributed by atoms with Crippen molar-refractivity contribution in [3.8, 4) is 0 Å². The molecule has 3 N–H and O–H groups in total. The molecule has 0 bridgehead atoms. The van der Waals surface area contributed by atoms with Crippen molar-refractivity contribution in [1.29, 1.82) is 0 Å². The summed E-state index contributed by atoms with van der Waals surface area (Å²) < 4.78 is 0. The van der Waals surface area contributed by atoms with E-state index in [9.17, 15) is 4.79 Å². The van der Waals surface area contributed by atoms with E-state index in [1.54, 1.807) is 11.3 Å². The quantitative estimate of drug-likeness (QED) is 0.364. The predicted octanol–water partition coefficient (Wildman–Crippen LogP) is 6.29. The normalized spacial score (nSPS) is 11.7. The number of H-pyrrole nitrogens is 1. The summed E-state index contributed by atoms with van der Waals surface area (Å²) in [5, 5.41) is 8.26. The first-order valence-electron chi connectivity index (χ1n) is 9.98. The van der Waals surface area contributed by atoms with E-state index in [0.29, 0.717) is 10.6 Å². The number of carbonyl (C=O) groups excluding carboxylic acids is 1. The topological polar surface area (TPSA) is 55.3 Å². The van der Waals surface area contributed by atoms with Gasteiger partial charge in [-0.15, -0.1) is 11.3 Å². The minimum absolute atomic E-state index is 0.121. The molecule has 4 rings (SSSR count). The second-order valence-corrected chi connectivity index (χ2v) is 8.91. The summed E-state index contributed by atoms with van der Waals surface area (Å²) in [6, 6.07) is 22.8. The monoisotopic (exact) mass is 448 g/mol. The molecule has 6 heteroatoms. The van der Waals surface area contributed by atoms with Crippen LogP contribution < -0.4 is 15.6 Å². The SMILES string of the molecule is Cc1sc(NC(=O)c2ccccc2)c([C@H](Nc2cccc[nH+]2)c2ccc(Cl)cc2)c1C. The number of aromatic nitrogens is 1. The van der Waals surface area contributed by atoms with E-state index in [4.69, 9.17) is 11.6 Å². The van der Waals surface area contributed by atoms with Crippen LogP contribution in [0.15, 0.2) is 79.0 Å². The summed E-state index contributed by atoms with van der Waals surface area (Å²) in [5.74, 6) is 0.760. The maximum absolute atomic E-state index is 12.9. The number of thiophene rings is 1. The highest BCUT2D eigenvalue weighted by Gasteiger charge is 2.28. The number of hydrogen-bond acceptors (Lipinski definition) is 3. The van der Waals surface area contributed by atoms with E-state index in [0.717, 1.165) is 32.4 Å². The molecule has 4 aromatic rings. The molecule has 156 valence electrons. The first kappa shape index (κ1) is 21.1. The molecule has 0 saturated heterocycles. The standard InChI is InChI=1S/C25H22ClN3OS/c1-16-17(2)31-25(29-24(30)19-8-4-3-5-9-19)22(16)23(18-11-13-20(26)14-12-18)28-21-10-6-7-15-27-21/h3-15,23H,1-2H3,(H,27,28)(H,29,30)/p+1/t23-/m1/s1. The van der Waals surface area contributed by atoms with E-state index in [1.807, 2.05) is 79.0 Å².